The van der Waals surface area contributed by atoms with E-state index in [0.29, 0.717) is 11.1 Å². The molecule has 142 valence electrons. The maximum atomic E-state index is 13.3. The Morgan fingerprint density at radius 2 is 1.75 bits per heavy atom. The third-order valence-corrected chi connectivity index (χ3v) is 5.45. The summed E-state index contributed by atoms with van der Waals surface area (Å²) in [5.74, 6) is -3.94. The zero-order valence-electron chi connectivity index (χ0n) is 15.2. The Kier molecular flexibility index (Phi) is 3.85. The largest absolute Gasteiger partial charge is 0.479 e. The van der Waals surface area contributed by atoms with Gasteiger partial charge in [-0.15, -0.1) is 0 Å². The van der Waals surface area contributed by atoms with Gasteiger partial charge in [-0.25, -0.2) is 9.59 Å². The average Bonchev–Trinajstić information content (AvgIpc) is 3.01. The van der Waals surface area contributed by atoms with E-state index in [-0.39, 0.29) is 11.5 Å². The molecule has 7 nitrogen and oxygen atoms in total. The van der Waals surface area contributed by atoms with Gasteiger partial charge in [0, 0.05) is 5.56 Å². The summed E-state index contributed by atoms with van der Waals surface area (Å²) in [5.41, 5.74) is -2.87. The van der Waals surface area contributed by atoms with Gasteiger partial charge in [0.2, 0.25) is 5.41 Å². The maximum Gasteiger partial charge on any atom is 0.335 e. The van der Waals surface area contributed by atoms with Crippen LogP contribution >= 0.6 is 0 Å². The molecule has 0 aromatic heterocycles. The number of carboxylic acids is 1. The summed E-state index contributed by atoms with van der Waals surface area (Å²) >= 11 is 0. The maximum absolute atomic E-state index is 13.3. The molecular weight excluding hydrogens is 362 g/mol. The molecule has 3 atom stereocenters. The Labute approximate surface area is 160 Å². The highest BCUT2D eigenvalue weighted by molar-refractivity contribution is 6.31. The van der Waals surface area contributed by atoms with Crippen LogP contribution in [0.1, 0.15) is 24.0 Å². The second-order valence-corrected chi connectivity index (χ2v) is 6.94. The summed E-state index contributed by atoms with van der Waals surface area (Å²) in [6.45, 7) is 1.41. The smallest absolute Gasteiger partial charge is 0.335 e. The van der Waals surface area contributed by atoms with E-state index in [0.717, 1.165) is 7.11 Å². The predicted molar refractivity (Wildman–Crippen MR) is 98.3 cm³/mol. The van der Waals surface area contributed by atoms with Crippen LogP contribution in [0.25, 0.3) is 0 Å². The fourth-order valence-electron chi connectivity index (χ4n) is 4.20. The summed E-state index contributed by atoms with van der Waals surface area (Å²) in [5, 5.41) is 10.0. The number of ether oxygens (including phenoxy) is 2. The van der Waals surface area contributed by atoms with E-state index in [4.69, 9.17) is 9.47 Å². The van der Waals surface area contributed by atoms with Gasteiger partial charge in [0.1, 0.15) is 5.75 Å². The van der Waals surface area contributed by atoms with E-state index in [1.54, 1.807) is 54.6 Å². The average molecular weight is 379 g/mol. The number of benzene rings is 2. The molecule has 7 heteroatoms. The molecule has 0 radical (unpaired) electrons. The molecule has 2 aliphatic rings. The van der Waals surface area contributed by atoms with Gasteiger partial charge >= 0.3 is 17.9 Å². The summed E-state index contributed by atoms with van der Waals surface area (Å²) < 4.78 is 10.5. The van der Waals surface area contributed by atoms with Crippen LogP contribution in [-0.2, 0) is 19.1 Å². The van der Waals surface area contributed by atoms with Gasteiger partial charge in [-0.05, 0) is 18.6 Å². The number of rotatable bonds is 3. The second-order valence-electron chi connectivity index (χ2n) is 6.94. The van der Waals surface area contributed by atoms with Crippen molar-refractivity contribution in [2.75, 3.05) is 7.11 Å². The highest BCUT2D eigenvalue weighted by atomic mass is 16.6. The standard InChI is InChI=1S/C21H17NO6/c1-20(17(23)24)15-13-10-6-7-11-14(13)28-19(26)21(15,18(25)27-2)16(22-20)12-8-4-3-5-9-12/h3-11,15H,1-2H3,(H,23,24)/t15-,20+,21-/m1/s1. The van der Waals surface area contributed by atoms with Crippen molar-refractivity contribution in [3.05, 3.63) is 65.7 Å². The minimum atomic E-state index is -2.02. The Hall–Kier alpha value is -3.48. The van der Waals surface area contributed by atoms with Crippen LogP contribution in [0.3, 0.4) is 0 Å². The number of esters is 2. The molecule has 2 aromatic rings. The predicted octanol–water partition coefficient (Wildman–Crippen LogP) is 2.19. The highest BCUT2D eigenvalue weighted by Crippen LogP contribution is 2.58. The van der Waals surface area contributed by atoms with Crippen molar-refractivity contribution in [3.8, 4) is 5.75 Å². The number of carbonyl (C=O) groups is 3. The van der Waals surface area contributed by atoms with E-state index < -0.39 is 34.8 Å². The fraction of sp³-hybridized carbons (Fsp3) is 0.238. The molecule has 2 aromatic carbocycles. The second kappa shape index (κ2) is 6.02. The van der Waals surface area contributed by atoms with Crippen molar-refractivity contribution in [1.29, 1.82) is 0 Å². The summed E-state index contributed by atoms with van der Waals surface area (Å²) in [6, 6.07) is 15.1. The summed E-state index contributed by atoms with van der Waals surface area (Å²) in [4.78, 5) is 43.1. The van der Waals surface area contributed by atoms with Gasteiger partial charge in [-0.3, -0.25) is 9.79 Å². The molecule has 4 rings (SSSR count). The lowest BCUT2D eigenvalue weighted by atomic mass is 9.62. The molecule has 0 spiro atoms. The van der Waals surface area contributed by atoms with Crippen molar-refractivity contribution in [2.24, 2.45) is 10.4 Å². The number of aliphatic carboxylic acids is 1. The van der Waals surface area contributed by atoms with Gasteiger partial charge in [0.25, 0.3) is 0 Å². The number of fused-ring (bicyclic) bond motifs is 3. The molecule has 2 heterocycles. The molecule has 0 saturated carbocycles. The zero-order valence-corrected chi connectivity index (χ0v) is 15.2. The minimum absolute atomic E-state index is 0.0364. The number of carboxylic acid groups (broad SMARTS) is 1. The first-order chi connectivity index (χ1) is 13.4. The van der Waals surface area contributed by atoms with Crippen LogP contribution in [0.15, 0.2) is 59.6 Å². The normalized spacial score (nSPS) is 27.9. The van der Waals surface area contributed by atoms with Crippen LogP contribution < -0.4 is 4.74 Å². The molecule has 0 amide bonds. The van der Waals surface area contributed by atoms with Gasteiger partial charge in [-0.1, -0.05) is 48.5 Å². The number of para-hydroxylation sites is 1. The van der Waals surface area contributed by atoms with Crippen molar-refractivity contribution in [1.82, 2.24) is 0 Å². The molecule has 2 aliphatic heterocycles. The van der Waals surface area contributed by atoms with Crippen LogP contribution in [-0.4, -0.2) is 41.4 Å². The Morgan fingerprint density at radius 3 is 2.39 bits per heavy atom. The number of aliphatic imine (C=N–C) groups is 1. The third-order valence-electron chi connectivity index (χ3n) is 5.45. The molecule has 0 aliphatic carbocycles. The first-order valence-corrected chi connectivity index (χ1v) is 8.66. The molecule has 1 N–H and O–H groups in total. The minimum Gasteiger partial charge on any atom is -0.479 e. The molecule has 0 fully saturated rings. The number of hydrogen-bond donors (Lipinski definition) is 1. The summed E-state index contributed by atoms with van der Waals surface area (Å²) in [6.07, 6.45) is 0. The molecule has 28 heavy (non-hydrogen) atoms. The van der Waals surface area contributed by atoms with Crippen molar-refractivity contribution in [3.63, 3.8) is 0 Å². The van der Waals surface area contributed by atoms with Gasteiger partial charge < -0.3 is 14.6 Å². The van der Waals surface area contributed by atoms with Crippen molar-refractivity contribution < 1.29 is 29.0 Å². The summed E-state index contributed by atoms with van der Waals surface area (Å²) in [7, 11) is 1.15. The van der Waals surface area contributed by atoms with E-state index in [1.807, 2.05) is 0 Å². The first kappa shape index (κ1) is 17.9. The van der Waals surface area contributed by atoms with Gasteiger partial charge in [-0.2, -0.15) is 0 Å². The topological polar surface area (TPSA) is 102 Å². The number of methoxy groups -OCH3 is 1. The van der Waals surface area contributed by atoms with Crippen molar-refractivity contribution in [2.45, 2.75) is 18.4 Å². The highest BCUT2D eigenvalue weighted by Gasteiger charge is 2.72. The van der Waals surface area contributed by atoms with Gasteiger partial charge in [0.05, 0.1) is 18.7 Å². The monoisotopic (exact) mass is 379 g/mol. The van der Waals surface area contributed by atoms with Gasteiger partial charge in [0.15, 0.2) is 5.54 Å². The lowest BCUT2D eigenvalue weighted by molar-refractivity contribution is -0.164. The van der Waals surface area contributed by atoms with E-state index in [1.165, 1.54) is 6.92 Å². The lowest BCUT2D eigenvalue weighted by Gasteiger charge is -2.40. The number of carbonyl (C=O) groups excluding carboxylic acids is 2. The molecular formula is C21H17NO6. The molecule has 0 unspecified atom stereocenters. The Morgan fingerprint density at radius 1 is 1.11 bits per heavy atom. The van der Waals surface area contributed by atoms with Crippen LogP contribution in [0.4, 0.5) is 0 Å². The fourth-order valence-corrected chi connectivity index (χ4v) is 4.20. The van der Waals surface area contributed by atoms with Crippen LogP contribution in [0, 0.1) is 5.41 Å². The SMILES string of the molecule is COC(=O)[C@@]12C(=O)Oc3ccccc3[C@@H]1[C@@](C)(C(=O)O)N=C2c1ccccc1. The zero-order chi connectivity index (χ0) is 20.1. The molecule has 0 bridgehead atoms. The van der Waals surface area contributed by atoms with Crippen LogP contribution in [0.5, 0.6) is 5.75 Å². The van der Waals surface area contributed by atoms with E-state index >= 15 is 0 Å². The van der Waals surface area contributed by atoms with E-state index in [9.17, 15) is 19.5 Å². The Bertz CT molecular complexity index is 1030. The van der Waals surface area contributed by atoms with Crippen molar-refractivity contribution >= 4 is 23.6 Å². The third kappa shape index (κ3) is 2.10. The Balaban J connectivity index is 2.11. The molecule has 0 saturated heterocycles. The number of hydrogen-bond acceptors (Lipinski definition) is 6. The van der Waals surface area contributed by atoms with E-state index in [2.05, 4.69) is 4.99 Å². The lowest BCUT2D eigenvalue weighted by Crippen LogP contribution is -2.57. The first-order valence-electron chi connectivity index (χ1n) is 8.66. The quantitative estimate of drug-likeness (QED) is 0.498. The van der Waals surface area contributed by atoms with Crippen LogP contribution in [0.2, 0.25) is 0 Å². The number of nitrogens with zero attached hydrogens (tertiary/aromatic N) is 1.